The summed E-state index contributed by atoms with van der Waals surface area (Å²) in [7, 11) is 0. The zero-order valence-electron chi connectivity index (χ0n) is 18.5. The second-order valence-electron chi connectivity index (χ2n) is 8.06. The van der Waals surface area contributed by atoms with Crippen molar-refractivity contribution in [2.45, 2.75) is 19.6 Å². The highest BCUT2D eigenvalue weighted by Gasteiger charge is 2.42. The average Bonchev–Trinajstić information content (AvgIpc) is 3.44. The molecule has 36 heavy (non-hydrogen) atoms. The summed E-state index contributed by atoms with van der Waals surface area (Å²) in [6, 6.07) is 12.5. The van der Waals surface area contributed by atoms with Gasteiger partial charge in [0, 0.05) is 39.9 Å². The van der Waals surface area contributed by atoms with E-state index in [0.717, 1.165) is 4.57 Å². The van der Waals surface area contributed by atoms with Crippen LogP contribution in [0.1, 0.15) is 33.0 Å². The fraction of sp³-hybridized carbons (Fsp3) is 0.120. The van der Waals surface area contributed by atoms with Gasteiger partial charge < -0.3 is 9.09 Å². The summed E-state index contributed by atoms with van der Waals surface area (Å²) in [6.45, 7) is 1.48. The first-order valence-corrected chi connectivity index (χ1v) is 11.3. The molecule has 0 spiro atoms. The number of aromatic nitrogens is 4. The molecule has 0 aliphatic rings. The Balaban J connectivity index is 1.71. The third-order valence-corrected chi connectivity index (χ3v) is 6.18. The maximum atomic E-state index is 14.6. The van der Waals surface area contributed by atoms with Crippen LogP contribution in [0.15, 0.2) is 65.4 Å². The molecule has 0 bridgehead atoms. The van der Waals surface area contributed by atoms with Crippen LogP contribution in [0.4, 0.5) is 13.2 Å². The lowest BCUT2D eigenvalue weighted by molar-refractivity contribution is -0.143. The first kappa shape index (κ1) is 24.0. The van der Waals surface area contributed by atoms with Crippen molar-refractivity contribution in [3.63, 3.8) is 0 Å². The van der Waals surface area contributed by atoms with Gasteiger partial charge in [-0.25, -0.2) is 0 Å². The van der Waals surface area contributed by atoms with Gasteiger partial charge in [0.05, 0.1) is 11.1 Å². The highest BCUT2D eigenvalue weighted by molar-refractivity contribution is 6.35. The van der Waals surface area contributed by atoms with Gasteiger partial charge in [0.25, 0.3) is 5.89 Å². The highest BCUT2D eigenvalue weighted by Crippen LogP contribution is 2.40. The van der Waals surface area contributed by atoms with Crippen molar-refractivity contribution in [1.82, 2.24) is 19.7 Å². The number of pyridine rings is 1. The number of hydrogen-bond acceptors (Lipinski definition) is 5. The molecule has 2 aromatic carbocycles. The van der Waals surface area contributed by atoms with Crippen LogP contribution < -0.4 is 0 Å². The van der Waals surface area contributed by atoms with Gasteiger partial charge in [-0.3, -0.25) is 9.78 Å². The fourth-order valence-corrected chi connectivity index (χ4v) is 4.48. The second-order valence-corrected chi connectivity index (χ2v) is 8.90. The summed E-state index contributed by atoms with van der Waals surface area (Å²) < 4.78 is 49.9. The molecule has 0 aliphatic carbocycles. The lowest BCUT2D eigenvalue weighted by Crippen LogP contribution is -2.19. The van der Waals surface area contributed by atoms with Crippen LogP contribution in [0, 0.1) is 6.92 Å². The van der Waals surface area contributed by atoms with Crippen molar-refractivity contribution in [2.24, 2.45) is 0 Å². The highest BCUT2D eigenvalue weighted by atomic mass is 35.5. The summed E-state index contributed by atoms with van der Waals surface area (Å²) in [5.74, 6) is -1.55. The maximum Gasteiger partial charge on any atom is 0.432 e. The summed E-state index contributed by atoms with van der Waals surface area (Å²) in [6.07, 6.45) is -1.91. The molecule has 11 heteroatoms. The number of carbonyl (C=O) groups excluding carboxylic acids is 1. The van der Waals surface area contributed by atoms with Gasteiger partial charge in [-0.1, -0.05) is 46.1 Å². The molecular formula is C25H15Cl2F3N4O2. The normalized spacial score (nSPS) is 11.8. The summed E-state index contributed by atoms with van der Waals surface area (Å²) >= 11 is 12.2. The van der Waals surface area contributed by atoms with Gasteiger partial charge in [-0.05, 0) is 48.9 Å². The number of rotatable bonds is 5. The van der Waals surface area contributed by atoms with E-state index in [9.17, 15) is 18.0 Å². The van der Waals surface area contributed by atoms with Gasteiger partial charge in [0.15, 0.2) is 0 Å². The van der Waals surface area contributed by atoms with Crippen molar-refractivity contribution >= 4 is 39.9 Å². The Hall–Kier alpha value is -3.69. The quantitative estimate of drug-likeness (QED) is 0.229. The summed E-state index contributed by atoms with van der Waals surface area (Å²) in [4.78, 5) is 21.5. The van der Waals surface area contributed by atoms with E-state index in [2.05, 4.69) is 15.1 Å². The van der Waals surface area contributed by atoms with Crippen LogP contribution in [0.5, 0.6) is 0 Å². The van der Waals surface area contributed by atoms with Gasteiger partial charge in [-0.15, -0.1) is 0 Å². The van der Waals surface area contributed by atoms with Crippen LogP contribution >= 0.6 is 23.2 Å². The lowest BCUT2D eigenvalue weighted by atomic mass is 10.0. The van der Waals surface area contributed by atoms with Gasteiger partial charge in [0.1, 0.15) is 5.69 Å². The number of alkyl halides is 3. The van der Waals surface area contributed by atoms with Crippen molar-refractivity contribution in [3.8, 4) is 11.5 Å². The van der Waals surface area contributed by atoms with E-state index >= 15 is 0 Å². The van der Waals surface area contributed by atoms with E-state index in [4.69, 9.17) is 27.7 Å². The van der Waals surface area contributed by atoms with E-state index in [1.807, 2.05) is 0 Å². The van der Waals surface area contributed by atoms with Crippen LogP contribution in [0.2, 0.25) is 10.0 Å². The van der Waals surface area contributed by atoms with E-state index in [1.165, 1.54) is 36.7 Å². The minimum Gasteiger partial charge on any atom is -0.333 e. The molecule has 0 unspecified atom stereocenters. The third kappa shape index (κ3) is 4.36. The van der Waals surface area contributed by atoms with Crippen molar-refractivity contribution < 1.29 is 22.5 Å². The number of aryl methyl sites for hydroxylation is 1. The minimum atomic E-state index is -4.88. The molecular weight excluding hydrogens is 516 g/mol. The molecule has 0 fully saturated rings. The van der Waals surface area contributed by atoms with E-state index in [1.54, 1.807) is 31.2 Å². The summed E-state index contributed by atoms with van der Waals surface area (Å²) in [5, 5.41) is 4.34. The Morgan fingerprint density at radius 3 is 2.61 bits per heavy atom. The van der Waals surface area contributed by atoms with E-state index < -0.39 is 29.0 Å². The third-order valence-electron chi connectivity index (χ3n) is 5.60. The Bertz CT molecular complexity index is 1610. The predicted molar refractivity (Wildman–Crippen MR) is 128 cm³/mol. The van der Waals surface area contributed by atoms with Crippen molar-refractivity contribution in [3.05, 3.63) is 99.2 Å². The molecule has 0 saturated carbocycles. The average molecular weight is 531 g/mol. The number of carbonyl (C=O) groups is 1. The standard InChI is InChI=1S/C25H15Cl2F3N4O2/c1-13-4-7-19-17(9-13)20(21(35)23-32-24(36-33-23)14-3-2-8-31-11-14)22(25(28,29)30)34(19)12-15-5-6-16(26)10-18(15)27/h2-11H,12H2,1H3. The lowest BCUT2D eigenvalue weighted by Gasteiger charge is -2.15. The van der Waals surface area contributed by atoms with Crippen LogP contribution in [-0.2, 0) is 12.7 Å². The number of fused-ring (bicyclic) bond motifs is 1. The van der Waals surface area contributed by atoms with Crippen molar-refractivity contribution in [1.29, 1.82) is 0 Å². The topological polar surface area (TPSA) is 73.8 Å². The molecule has 0 atom stereocenters. The number of nitrogens with zero attached hydrogens (tertiary/aromatic N) is 4. The SMILES string of the molecule is Cc1ccc2c(c1)c(C(=O)c1noc(-c3cccnc3)n1)c(C(F)(F)F)n2Cc1ccc(Cl)cc1Cl. The minimum absolute atomic E-state index is 0.0344. The fourth-order valence-electron chi connectivity index (χ4n) is 4.01. The van der Waals surface area contributed by atoms with E-state index in [-0.39, 0.29) is 28.4 Å². The predicted octanol–water partition coefficient (Wildman–Crippen LogP) is 7.00. The Labute approximate surface area is 212 Å². The molecule has 0 amide bonds. The zero-order chi connectivity index (χ0) is 25.6. The molecule has 5 rings (SSSR count). The van der Waals surface area contributed by atoms with Gasteiger partial charge in [0.2, 0.25) is 11.6 Å². The molecule has 0 radical (unpaired) electrons. The monoisotopic (exact) mass is 530 g/mol. The molecule has 0 saturated heterocycles. The molecule has 5 aromatic rings. The summed E-state index contributed by atoms with van der Waals surface area (Å²) in [5.41, 5.74) is 0.0169. The van der Waals surface area contributed by atoms with Crippen LogP contribution in [0.25, 0.3) is 22.4 Å². The van der Waals surface area contributed by atoms with Crippen LogP contribution in [-0.4, -0.2) is 25.5 Å². The number of benzene rings is 2. The van der Waals surface area contributed by atoms with Crippen molar-refractivity contribution in [2.75, 3.05) is 0 Å². The molecule has 3 heterocycles. The Kier molecular flexibility index (Phi) is 6.05. The largest absolute Gasteiger partial charge is 0.432 e. The first-order chi connectivity index (χ1) is 17.1. The first-order valence-electron chi connectivity index (χ1n) is 10.6. The molecule has 182 valence electrons. The molecule has 0 aliphatic heterocycles. The number of hydrogen-bond donors (Lipinski definition) is 0. The Morgan fingerprint density at radius 1 is 1.11 bits per heavy atom. The smallest absolute Gasteiger partial charge is 0.333 e. The maximum absolute atomic E-state index is 14.6. The second kappa shape index (κ2) is 9.07. The van der Waals surface area contributed by atoms with Gasteiger partial charge >= 0.3 is 6.18 Å². The van der Waals surface area contributed by atoms with Crippen LogP contribution in [0.3, 0.4) is 0 Å². The zero-order valence-corrected chi connectivity index (χ0v) is 20.0. The van der Waals surface area contributed by atoms with E-state index in [0.29, 0.717) is 21.7 Å². The molecule has 0 N–H and O–H groups in total. The Morgan fingerprint density at radius 2 is 1.92 bits per heavy atom. The number of ketones is 1. The molecule has 6 nitrogen and oxygen atoms in total. The molecule has 3 aromatic heterocycles. The van der Waals surface area contributed by atoms with Gasteiger partial charge in [-0.2, -0.15) is 18.2 Å². The number of halogens is 5.